The van der Waals surface area contributed by atoms with Gasteiger partial charge in [-0.3, -0.25) is 4.68 Å². The summed E-state index contributed by atoms with van der Waals surface area (Å²) in [6.45, 7) is 13.5. The molecule has 0 aliphatic carbocycles. The van der Waals surface area contributed by atoms with Crippen molar-refractivity contribution in [3.05, 3.63) is 41.6 Å². The highest BCUT2D eigenvalue weighted by Crippen LogP contribution is 2.44. The van der Waals surface area contributed by atoms with E-state index in [1.54, 1.807) is 19.1 Å². The third-order valence-electron chi connectivity index (χ3n) is 7.63. The lowest BCUT2D eigenvalue weighted by atomic mass is 9.82. The number of likely N-dealkylation sites (tertiary alicyclic amines) is 1. The zero-order valence-corrected chi connectivity index (χ0v) is 24.9. The fraction of sp³-hybridized carbons (Fsp3) is 0.519. The van der Waals surface area contributed by atoms with Gasteiger partial charge in [-0.2, -0.15) is 5.10 Å². The van der Waals surface area contributed by atoms with E-state index in [4.69, 9.17) is 14.8 Å². The predicted molar refractivity (Wildman–Crippen MR) is 154 cm³/mol. The van der Waals surface area contributed by atoms with Crippen LogP contribution in [0.15, 0.2) is 30.3 Å². The molecule has 2 aliphatic heterocycles. The molecule has 204 valence electrons. The first-order valence-corrected chi connectivity index (χ1v) is 19.6. The van der Waals surface area contributed by atoms with Crippen molar-refractivity contribution < 1.29 is 19.2 Å². The molecule has 0 unspecified atom stereocenters. The first-order valence-electron chi connectivity index (χ1n) is 13.2. The van der Waals surface area contributed by atoms with Crippen LogP contribution in [0.3, 0.4) is 0 Å². The van der Waals surface area contributed by atoms with Crippen LogP contribution in [0.2, 0.25) is 25.7 Å². The molecular weight excluding hydrogens is 517 g/mol. The summed E-state index contributed by atoms with van der Waals surface area (Å²) in [6, 6.07) is 5.31. The van der Waals surface area contributed by atoms with Gasteiger partial charge >= 0.3 is 6.09 Å². The summed E-state index contributed by atoms with van der Waals surface area (Å²) in [5.41, 5.74) is 4.47. The van der Waals surface area contributed by atoms with Crippen molar-refractivity contribution in [3.63, 3.8) is 0 Å². The minimum Gasteiger partial charge on any atom is -0.465 e. The van der Waals surface area contributed by atoms with Crippen LogP contribution in [0.5, 0.6) is 0 Å². The Morgan fingerprint density at radius 3 is 2.68 bits per heavy atom. The van der Waals surface area contributed by atoms with Gasteiger partial charge in [-0.15, -0.1) is 0 Å². The second kappa shape index (κ2) is 9.81. The molecule has 3 aromatic heterocycles. The average molecular weight is 556 g/mol. The van der Waals surface area contributed by atoms with Crippen molar-refractivity contribution >= 4 is 38.4 Å². The van der Waals surface area contributed by atoms with Crippen LogP contribution >= 0.6 is 7.14 Å². The fourth-order valence-electron chi connectivity index (χ4n) is 5.42. The quantitative estimate of drug-likeness (QED) is 0.213. The molecule has 1 atom stereocenters. The molecule has 3 aromatic rings. The average Bonchev–Trinajstić information content (AvgIpc) is 3.59. The maximum atomic E-state index is 12.4. The molecule has 1 spiro atoms. The molecule has 1 saturated heterocycles. The van der Waals surface area contributed by atoms with Gasteiger partial charge in [0.25, 0.3) is 0 Å². The summed E-state index contributed by atoms with van der Waals surface area (Å²) in [6.07, 6.45) is 6.68. The van der Waals surface area contributed by atoms with Gasteiger partial charge in [-0.25, -0.2) is 9.78 Å². The molecule has 5 heterocycles. The minimum atomic E-state index is -2.34. The highest BCUT2D eigenvalue weighted by atomic mass is 31.2. The number of hydrogen-bond acceptors (Lipinski definition) is 5. The minimum absolute atomic E-state index is 0.158. The summed E-state index contributed by atoms with van der Waals surface area (Å²) in [5, 5.41) is 15.3. The van der Waals surface area contributed by atoms with Gasteiger partial charge in [0, 0.05) is 74.3 Å². The third kappa shape index (κ3) is 5.53. The Kier molecular flexibility index (Phi) is 6.95. The largest absolute Gasteiger partial charge is 0.465 e. The maximum Gasteiger partial charge on any atom is 0.407 e. The lowest BCUT2D eigenvalue weighted by Gasteiger charge is -2.21. The predicted octanol–water partition coefficient (Wildman–Crippen LogP) is 5.83. The highest BCUT2D eigenvalue weighted by molar-refractivity contribution is 7.65. The molecule has 11 heteroatoms. The van der Waals surface area contributed by atoms with Crippen molar-refractivity contribution in [2.24, 2.45) is 0 Å². The van der Waals surface area contributed by atoms with Crippen LogP contribution in [0.4, 0.5) is 4.79 Å². The molecule has 38 heavy (non-hydrogen) atoms. The van der Waals surface area contributed by atoms with Gasteiger partial charge in [0.1, 0.15) is 19.5 Å². The first-order chi connectivity index (χ1) is 17.8. The second-order valence-electron chi connectivity index (χ2n) is 12.4. The van der Waals surface area contributed by atoms with E-state index in [0.717, 1.165) is 65.6 Å². The molecule has 0 aromatic carbocycles. The smallest absolute Gasteiger partial charge is 0.407 e. The number of aryl methyl sites for hydroxylation is 1. The number of aromatic nitrogens is 4. The Morgan fingerprint density at radius 1 is 1.24 bits per heavy atom. The number of ether oxygens (including phenoxy) is 1. The number of rotatable bonds is 8. The van der Waals surface area contributed by atoms with Crippen molar-refractivity contribution in [2.45, 2.75) is 57.2 Å². The zero-order chi connectivity index (χ0) is 27.3. The Morgan fingerprint density at radius 2 is 2.00 bits per heavy atom. The number of fused-ring (bicyclic) bond motifs is 3. The molecule has 9 nitrogen and oxygen atoms in total. The summed E-state index contributed by atoms with van der Waals surface area (Å²) in [7, 11) is -3.52. The van der Waals surface area contributed by atoms with E-state index in [-0.39, 0.29) is 5.41 Å². The molecule has 1 fully saturated rings. The highest BCUT2D eigenvalue weighted by Gasteiger charge is 2.47. The maximum absolute atomic E-state index is 12.4. The number of nitrogens with zero attached hydrogens (tertiary/aromatic N) is 5. The zero-order valence-electron chi connectivity index (χ0n) is 23.0. The van der Waals surface area contributed by atoms with E-state index in [1.165, 1.54) is 4.90 Å². The van der Waals surface area contributed by atoms with Crippen molar-refractivity contribution in [1.29, 1.82) is 0 Å². The van der Waals surface area contributed by atoms with Crippen LogP contribution in [-0.2, 0) is 28.0 Å². The lowest BCUT2D eigenvalue weighted by Crippen LogP contribution is -2.32. The lowest BCUT2D eigenvalue weighted by molar-refractivity contribution is 0.0898. The second-order valence-corrected chi connectivity index (χ2v) is 21.2. The van der Waals surface area contributed by atoms with Gasteiger partial charge in [0.2, 0.25) is 0 Å². The summed E-state index contributed by atoms with van der Waals surface area (Å²) >= 11 is 0. The molecule has 1 amide bonds. The molecule has 1 N–H and O–H groups in total. The number of carbonyl (C=O) groups is 1. The van der Waals surface area contributed by atoms with Gasteiger partial charge < -0.3 is 23.9 Å². The van der Waals surface area contributed by atoms with Crippen molar-refractivity contribution in [3.8, 4) is 11.3 Å². The number of amides is 1. The van der Waals surface area contributed by atoms with Gasteiger partial charge in [0.15, 0.2) is 0 Å². The fourth-order valence-corrected chi connectivity index (χ4v) is 6.70. The Labute approximate surface area is 224 Å². The van der Waals surface area contributed by atoms with E-state index >= 15 is 0 Å². The standard InChI is InChI=1S/C27H38N5O4PSi/c1-37(2,35)12-6-20-17-31(19-36-11-13-38(3,4)5)25-22(20)14-21(16-28-25)23-15-24-27(8-10-32(24)29-23)7-9-30(18-27)26(33)34/h6,12,14-17H,7-11,13,18-19H2,1-5H3,(H,33,34)/b12-6+/t27-/m0/s1. The van der Waals surface area contributed by atoms with Crippen molar-refractivity contribution in [1.82, 2.24) is 24.2 Å². The number of pyridine rings is 1. The van der Waals surface area contributed by atoms with Crippen LogP contribution in [0.25, 0.3) is 28.4 Å². The molecular formula is C27H38N5O4PSi. The van der Waals surface area contributed by atoms with Crippen LogP contribution in [0.1, 0.15) is 24.1 Å². The molecule has 5 rings (SSSR count). The normalized spacial score (nSPS) is 19.9. The van der Waals surface area contributed by atoms with Crippen LogP contribution < -0.4 is 0 Å². The SMILES string of the molecule is C[Si](C)(C)CCOCn1cc(/C=C/P(C)(C)=O)c2cc(-c3cc4n(n3)CC[C@]43CCN(C(=O)O)C3)cnc21. The first kappa shape index (κ1) is 26.9. The molecule has 0 radical (unpaired) electrons. The van der Waals surface area contributed by atoms with Gasteiger partial charge in [-0.1, -0.05) is 19.6 Å². The molecule has 0 bridgehead atoms. The Bertz CT molecular complexity index is 1450. The van der Waals surface area contributed by atoms with E-state index in [9.17, 15) is 14.5 Å². The molecule has 0 saturated carbocycles. The van der Waals surface area contributed by atoms with Gasteiger partial charge in [0.05, 0.1) is 5.69 Å². The van der Waals surface area contributed by atoms with Gasteiger partial charge in [-0.05, 0) is 56.2 Å². The Hall–Kier alpha value is -2.68. The summed E-state index contributed by atoms with van der Waals surface area (Å²) in [4.78, 5) is 17.9. The van der Waals surface area contributed by atoms with E-state index in [1.807, 2.05) is 27.7 Å². The summed E-state index contributed by atoms with van der Waals surface area (Å²) < 4.78 is 22.5. The molecule has 2 aliphatic rings. The monoisotopic (exact) mass is 555 g/mol. The van der Waals surface area contributed by atoms with Crippen LogP contribution in [-0.4, -0.2) is 76.5 Å². The van der Waals surface area contributed by atoms with Crippen LogP contribution in [0, 0.1) is 0 Å². The number of carboxylic acid groups (broad SMARTS) is 1. The Balaban J connectivity index is 1.46. The third-order valence-corrected chi connectivity index (χ3v) is 10.2. The summed E-state index contributed by atoms with van der Waals surface area (Å²) in [5.74, 6) is 1.79. The van der Waals surface area contributed by atoms with Crippen molar-refractivity contribution in [2.75, 3.05) is 33.0 Å². The topological polar surface area (TPSA) is 102 Å². The van der Waals surface area contributed by atoms with E-state index in [2.05, 4.69) is 31.8 Å². The number of hydrogen-bond donors (Lipinski definition) is 1. The van der Waals surface area contributed by atoms with E-state index < -0.39 is 21.3 Å². The van der Waals surface area contributed by atoms with E-state index in [0.29, 0.717) is 19.8 Å².